The second kappa shape index (κ2) is 16.1. The molecule has 4 aromatic carbocycles. The fraction of sp³-hybridized carbons (Fsp3) is 0.257. The topological polar surface area (TPSA) is 136 Å². The van der Waals surface area contributed by atoms with E-state index >= 15 is 0 Å². The number of alkyl halides is 3. The number of hydrazine groups is 1. The molecule has 1 amide bonds. The molecule has 0 saturated carbocycles. The van der Waals surface area contributed by atoms with Gasteiger partial charge in [-0.2, -0.15) is 0 Å². The van der Waals surface area contributed by atoms with Crippen molar-refractivity contribution in [2.45, 2.75) is 42.3 Å². The molecule has 50 heavy (non-hydrogen) atoms. The van der Waals surface area contributed by atoms with Gasteiger partial charge in [0.15, 0.2) is 21.5 Å². The third kappa shape index (κ3) is 9.41. The summed E-state index contributed by atoms with van der Waals surface area (Å²) in [5.74, 6) is -0.881. The summed E-state index contributed by atoms with van der Waals surface area (Å²) in [6.45, 7) is 0.313. The largest absolute Gasteiger partial charge is 0.573 e. The van der Waals surface area contributed by atoms with Crippen molar-refractivity contribution >= 4 is 37.6 Å². The third-order valence-electron chi connectivity index (χ3n) is 7.71. The predicted octanol–water partition coefficient (Wildman–Crippen LogP) is 6.05. The highest BCUT2D eigenvalue weighted by Gasteiger charge is 2.53. The number of carbonyl (C=O) groups excluding carboxylic acids is 1. The van der Waals surface area contributed by atoms with Crippen LogP contribution in [0, 0.1) is 0 Å². The van der Waals surface area contributed by atoms with E-state index in [-0.39, 0.29) is 30.4 Å². The highest BCUT2D eigenvalue weighted by atomic mass is 79.9. The van der Waals surface area contributed by atoms with Crippen molar-refractivity contribution in [3.8, 4) is 11.5 Å². The van der Waals surface area contributed by atoms with Crippen LogP contribution >= 0.6 is 15.9 Å². The molecular weight excluding hydrogens is 743 g/mol. The standard InChI is InChI=1S/C35H33BrF3N3O7S/c36-27-13-9-25(10-14-27)31-34(19-22-50(45,46)30-5-2-1-3-6-30,41-32(48-31)26-11-17-28(18-12-26)47-21-4-20-43)33(44)42-40-23-24-7-15-29(16-8-24)49-35(37,38)39/h1-3,5-18,31,40,43H,4,19-23H2,(H,42,44)/t31-,34-/m0/s1. The predicted molar refractivity (Wildman–Crippen MR) is 182 cm³/mol. The highest BCUT2D eigenvalue weighted by Crippen LogP contribution is 2.43. The van der Waals surface area contributed by atoms with E-state index < -0.39 is 45.3 Å². The lowest BCUT2D eigenvalue weighted by atomic mass is 9.85. The average molecular weight is 777 g/mol. The van der Waals surface area contributed by atoms with E-state index in [4.69, 9.17) is 19.6 Å². The van der Waals surface area contributed by atoms with Crippen LogP contribution in [-0.2, 0) is 25.9 Å². The van der Waals surface area contributed by atoms with E-state index in [1.54, 1.807) is 66.7 Å². The van der Waals surface area contributed by atoms with E-state index in [1.807, 2.05) is 0 Å². The van der Waals surface area contributed by atoms with Crippen LogP contribution in [0.4, 0.5) is 13.2 Å². The number of halogens is 4. The fourth-order valence-corrected chi connectivity index (χ4v) is 6.84. The number of hydrogen-bond donors (Lipinski definition) is 3. The Labute approximate surface area is 295 Å². The first kappa shape index (κ1) is 36.8. The van der Waals surface area contributed by atoms with Gasteiger partial charge in [0.25, 0.3) is 5.91 Å². The lowest BCUT2D eigenvalue weighted by Gasteiger charge is -2.30. The summed E-state index contributed by atoms with van der Waals surface area (Å²) < 4.78 is 81.5. The Bertz CT molecular complexity index is 1880. The SMILES string of the molecule is O=C(NNCc1ccc(OC(F)(F)F)cc1)[C@@]1(CCS(=O)(=O)c2ccccc2)N=C(c2ccc(OCCCO)cc2)O[C@H]1c1ccc(Br)cc1. The van der Waals surface area contributed by atoms with E-state index in [2.05, 4.69) is 31.5 Å². The first-order chi connectivity index (χ1) is 23.9. The van der Waals surface area contributed by atoms with E-state index in [0.717, 1.165) is 16.6 Å². The molecular formula is C35H33BrF3N3O7S. The van der Waals surface area contributed by atoms with Gasteiger partial charge in [0.05, 0.1) is 17.3 Å². The van der Waals surface area contributed by atoms with Crippen molar-refractivity contribution in [2.24, 2.45) is 4.99 Å². The van der Waals surface area contributed by atoms with Crippen molar-refractivity contribution in [1.29, 1.82) is 0 Å². The number of ether oxygens (including phenoxy) is 3. The molecule has 0 radical (unpaired) electrons. The molecule has 3 N–H and O–H groups in total. The first-order valence-corrected chi connectivity index (χ1v) is 17.8. The summed E-state index contributed by atoms with van der Waals surface area (Å²) in [5, 5.41) is 9.05. The maximum atomic E-state index is 14.3. The summed E-state index contributed by atoms with van der Waals surface area (Å²) in [4.78, 5) is 19.2. The molecule has 0 aromatic heterocycles. The van der Waals surface area contributed by atoms with Crippen LogP contribution < -0.4 is 20.3 Å². The lowest BCUT2D eigenvalue weighted by Crippen LogP contribution is -2.53. The maximum Gasteiger partial charge on any atom is 0.573 e. The Balaban J connectivity index is 1.46. The molecule has 0 aliphatic carbocycles. The number of sulfone groups is 1. The van der Waals surface area contributed by atoms with Crippen LogP contribution in [0.3, 0.4) is 0 Å². The molecule has 0 fully saturated rings. The zero-order chi connectivity index (χ0) is 35.8. The van der Waals surface area contributed by atoms with Gasteiger partial charge < -0.3 is 19.3 Å². The summed E-state index contributed by atoms with van der Waals surface area (Å²) in [6, 6.07) is 26.8. The molecule has 0 spiro atoms. The molecule has 10 nitrogen and oxygen atoms in total. The quantitative estimate of drug-likeness (QED) is 0.0982. The monoisotopic (exact) mass is 775 g/mol. The van der Waals surface area contributed by atoms with Crippen molar-refractivity contribution in [3.63, 3.8) is 0 Å². The molecule has 15 heteroatoms. The number of nitrogens with zero attached hydrogens (tertiary/aromatic N) is 1. The number of benzene rings is 4. The minimum Gasteiger partial charge on any atom is -0.494 e. The molecule has 4 aromatic rings. The minimum absolute atomic E-state index is 0.00849. The zero-order valence-corrected chi connectivity index (χ0v) is 28.8. The molecule has 1 aliphatic rings. The lowest BCUT2D eigenvalue weighted by molar-refractivity contribution is -0.274. The molecule has 1 aliphatic heterocycles. The minimum atomic E-state index is -4.83. The summed E-state index contributed by atoms with van der Waals surface area (Å²) >= 11 is 3.42. The number of aliphatic hydroxyl groups excluding tert-OH is 1. The summed E-state index contributed by atoms with van der Waals surface area (Å²) in [7, 11) is -3.87. The van der Waals surface area contributed by atoms with Gasteiger partial charge in [0.2, 0.25) is 5.90 Å². The van der Waals surface area contributed by atoms with Crippen LogP contribution in [-0.4, -0.2) is 56.2 Å². The van der Waals surface area contributed by atoms with Crippen molar-refractivity contribution in [1.82, 2.24) is 10.9 Å². The molecule has 0 unspecified atom stereocenters. The Kier molecular flexibility index (Phi) is 11.8. The zero-order valence-electron chi connectivity index (χ0n) is 26.4. The van der Waals surface area contributed by atoms with Gasteiger partial charge in [-0.25, -0.2) is 18.8 Å². The average Bonchev–Trinajstić information content (AvgIpc) is 3.50. The number of nitrogens with one attached hydrogen (secondary N) is 2. The summed E-state index contributed by atoms with van der Waals surface area (Å²) in [6.07, 6.45) is -5.70. The Morgan fingerprint density at radius 1 is 0.940 bits per heavy atom. The van der Waals surface area contributed by atoms with E-state index in [0.29, 0.717) is 35.5 Å². The number of carbonyl (C=O) groups is 1. The molecule has 0 saturated heterocycles. The van der Waals surface area contributed by atoms with Gasteiger partial charge in [0, 0.05) is 36.0 Å². The van der Waals surface area contributed by atoms with Crippen LogP contribution in [0.15, 0.2) is 117 Å². The van der Waals surface area contributed by atoms with Crippen LogP contribution in [0.25, 0.3) is 0 Å². The highest BCUT2D eigenvalue weighted by molar-refractivity contribution is 9.10. The van der Waals surface area contributed by atoms with Gasteiger partial charge in [-0.05, 0) is 71.8 Å². The number of amides is 1. The van der Waals surface area contributed by atoms with Crippen LogP contribution in [0.2, 0.25) is 0 Å². The van der Waals surface area contributed by atoms with Gasteiger partial charge >= 0.3 is 6.36 Å². The number of aliphatic hydroxyl groups is 1. The second-order valence-corrected chi connectivity index (χ2v) is 14.2. The first-order valence-electron chi connectivity index (χ1n) is 15.4. The van der Waals surface area contributed by atoms with Crippen molar-refractivity contribution in [3.05, 3.63) is 124 Å². The molecule has 5 rings (SSSR count). The summed E-state index contributed by atoms with van der Waals surface area (Å²) in [5.41, 5.74) is 5.22. The molecule has 1 heterocycles. The van der Waals surface area contributed by atoms with Crippen LogP contribution in [0.5, 0.6) is 11.5 Å². The number of hydrogen-bond acceptors (Lipinski definition) is 9. The second-order valence-electron chi connectivity index (χ2n) is 11.2. The van der Waals surface area contributed by atoms with E-state index in [9.17, 15) is 26.4 Å². The van der Waals surface area contributed by atoms with E-state index in [1.165, 1.54) is 24.3 Å². The van der Waals surface area contributed by atoms with Gasteiger partial charge in [0.1, 0.15) is 11.5 Å². The molecule has 2 atom stereocenters. The Morgan fingerprint density at radius 3 is 2.24 bits per heavy atom. The maximum absolute atomic E-state index is 14.3. The van der Waals surface area contributed by atoms with Gasteiger partial charge in [-0.1, -0.05) is 58.4 Å². The fourth-order valence-electron chi connectivity index (χ4n) is 5.19. The smallest absolute Gasteiger partial charge is 0.494 e. The van der Waals surface area contributed by atoms with Crippen molar-refractivity contribution in [2.75, 3.05) is 19.0 Å². The Morgan fingerprint density at radius 2 is 1.60 bits per heavy atom. The number of rotatable bonds is 15. The molecule has 0 bridgehead atoms. The Hall–Kier alpha value is -4.44. The van der Waals surface area contributed by atoms with Gasteiger partial charge in [-0.15, -0.1) is 13.2 Å². The molecule has 264 valence electrons. The number of aliphatic imine (C=N–C) groups is 1. The third-order valence-corrected chi connectivity index (χ3v) is 9.97. The van der Waals surface area contributed by atoms with Crippen LogP contribution in [0.1, 0.15) is 35.6 Å². The normalized spacial score (nSPS) is 17.5. The van der Waals surface area contributed by atoms with Crippen molar-refractivity contribution < 1.29 is 45.7 Å². The van der Waals surface area contributed by atoms with Gasteiger partial charge in [-0.3, -0.25) is 10.2 Å².